The molecule has 0 fully saturated rings. The topological polar surface area (TPSA) is 12.0 Å². The monoisotopic (exact) mass is 251 g/mol. The average Bonchev–Trinajstić information content (AvgIpc) is 2.92. The Morgan fingerprint density at radius 2 is 2.25 bits per heavy atom. The molecule has 0 aromatic carbocycles. The van der Waals surface area contributed by atoms with Crippen molar-refractivity contribution < 1.29 is 0 Å². The zero-order valence-corrected chi connectivity index (χ0v) is 11.3. The highest BCUT2D eigenvalue weighted by Gasteiger charge is 2.12. The third kappa shape index (κ3) is 2.73. The Bertz CT molecular complexity index is 417. The molecule has 3 heteroatoms. The van der Waals surface area contributed by atoms with Crippen LogP contribution in [0.15, 0.2) is 28.3 Å². The van der Waals surface area contributed by atoms with Crippen LogP contribution in [0.2, 0.25) is 0 Å². The van der Waals surface area contributed by atoms with Crippen LogP contribution in [0, 0.1) is 6.92 Å². The second kappa shape index (κ2) is 5.62. The van der Waals surface area contributed by atoms with Gasteiger partial charge in [-0.15, -0.1) is 11.3 Å². The van der Waals surface area contributed by atoms with Crippen LogP contribution in [0.3, 0.4) is 0 Å². The first kappa shape index (κ1) is 11.8. The van der Waals surface area contributed by atoms with Crippen LogP contribution in [0.25, 0.3) is 0 Å². The lowest BCUT2D eigenvalue weighted by atomic mass is 10.0. The predicted octanol–water partition coefficient (Wildman–Crippen LogP) is 4.01. The molecular weight excluding hydrogens is 234 g/mol. The first-order valence-corrected chi connectivity index (χ1v) is 7.36. The van der Waals surface area contributed by atoms with E-state index in [1.165, 1.54) is 28.8 Å². The van der Waals surface area contributed by atoms with Gasteiger partial charge in [0.15, 0.2) is 0 Å². The second-order valence-corrected chi connectivity index (χ2v) is 5.75. The maximum Gasteiger partial charge on any atom is 0.0331 e. The fourth-order valence-electron chi connectivity index (χ4n) is 1.92. The number of nitrogens with one attached hydrogen (secondary N) is 1. The van der Waals surface area contributed by atoms with Crippen molar-refractivity contribution in [3.8, 4) is 0 Å². The summed E-state index contributed by atoms with van der Waals surface area (Å²) in [6, 6.07) is 4.84. The van der Waals surface area contributed by atoms with Crippen molar-refractivity contribution in [3.63, 3.8) is 0 Å². The Morgan fingerprint density at radius 1 is 1.38 bits per heavy atom. The van der Waals surface area contributed by atoms with Gasteiger partial charge in [-0.05, 0) is 60.1 Å². The van der Waals surface area contributed by atoms with E-state index in [1.807, 2.05) is 11.3 Å². The molecule has 16 heavy (non-hydrogen) atoms. The summed E-state index contributed by atoms with van der Waals surface area (Å²) >= 11 is 3.65. The molecule has 1 N–H and O–H groups in total. The maximum absolute atomic E-state index is 3.42. The van der Waals surface area contributed by atoms with Crippen molar-refractivity contribution in [2.45, 2.75) is 25.8 Å². The first-order chi connectivity index (χ1) is 7.81. The van der Waals surface area contributed by atoms with E-state index in [0.29, 0.717) is 6.04 Å². The molecule has 1 atom stereocenters. The molecule has 1 unspecified atom stereocenters. The van der Waals surface area contributed by atoms with Crippen LogP contribution in [-0.4, -0.2) is 7.05 Å². The zero-order chi connectivity index (χ0) is 11.4. The molecule has 86 valence electrons. The lowest BCUT2D eigenvalue weighted by Crippen LogP contribution is -2.17. The Balaban J connectivity index is 1.99. The third-order valence-corrected chi connectivity index (χ3v) is 4.69. The van der Waals surface area contributed by atoms with Gasteiger partial charge in [-0.2, -0.15) is 11.3 Å². The van der Waals surface area contributed by atoms with E-state index in [0.717, 1.165) is 0 Å². The molecule has 2 aromatic heterocycles. The Hall–Kier alpha value is -0.640. The molecule has 0 bridgehead atoms. The number of aryl methyl sites for hydroxylation is 2. The van der Waals surface area contributed by atoms with Crippen molar-refractivity contribution in [2.24, 2.45) is 0 Å². The number of rotatable bonds is 5. The van der Waals surface area contributed by atoms with E-state index in [-0.39, 0.29) is 0 Å². The van der Waals surface area contributed by atoms with Crippen LogP contribution in [0.5, 0.6) is 0 Å². The highest BCUT2D eigenvalue weighted by Crippen LogP contribution is 2.26. The van der Waals surface area contributed by atoms with Crippen LogP contribution >= 0.6 is 22.7 Å². The highest BCUT2D eigenvalue weighted by atomic mass is 32.1. The van der Waals surface area contributed by atoms with Crippen molar-refractivity contribution >= 4 is 22.7 Å². The van der Waals surface area contributed by atoms with Gasteiger partial charge in [-0.3, -0.25) is 0 Å². The van der Waals surface area contributed by atoms with Gasteiger partial charge in [-0.1, -0.05) is 6.07 Å². The van der Waals surface area contributed by atoms with E-state index in [4.69, 9.17) is 0 Å². The minimum absolute atomic E-state index is 0.494. The van der Waals surface area contributed by atoms with Gasteiger partial charge in [0.05, 0.1) is 0 Å². The number of thiophene rings is 2. The predicted molar refractivity (Wildman–Crippen MR) is 73.5 cm³/mol. The number of hydrogen-bond donors (Lipinski definition) is 1. The van der Waals surface area contributed by atoms with Gasteiger partial charge in [0.25, 0.3) is 0 Å². The minimum Gasteiger partial charge on any atom is -0.313 e. The summed E-state index contributed by atoms with van der Waals surface area (Å²) in [6.07, 6.45) is 2.34. The lowest BCUT2D eigenvalue weighted by Gasteiger charge is -2.15. The van der Waals surface area contributed by atoms with Gasteiger partial charge < -0.3 is 5.32 Å². The van der Waals surface area contributed by atoms with Crippen molar-refractivity contribution in [1.82, 2.24) is 5.32 Å². The summed E-state index contributed by atoms with van der Waals surface area (Å²) < 4.78 is 0. The van der Waals surface area contributed by atoms with E-state index in [1.54, 1.807) is 11.3 Å². The summed E-state index contributed by atoms with van der Waals surface area (Å²) in [6.45, 7) is 2.20. The molecule has 2 aromatic rings. The molecule has 0 amide bonds. The van der Waals surface area contributed by atoms with Crippen LogP contribution in [0.1, 0.15) is 28.5 Å². The summed E-state index contributed by atoms with van der Waals surface area (Å²) in [7, 11) is 2.05. The second-order valence-electron chi connectivity index (χ2n) is 3.97. The molecule has 0 radical (unpaired) electrons. The zero-order valence-electron chi connectivity index (χ0n) is 9.69. The van der Waals surface area contributed by atoms with Gasteiger partial charge >= 0.3 is 0 Å². The fraction of sp³-hybridized carbons (Fsp3) is 0.385. The fourth-order valence-corrected chi connectivity index (χ4v) is 3.55. The minimum atomic E-state index is 0.494. The van der Waals surface area contributed by atoms with Crippen LogP contribution in [0.4, 0.5) is 0 Å². The van der Waals surface area contributed by atoms with Gasteiger partial charge in [-0.25, -0.2) is 0 Å². The molecule has 0 aliphatic heterocycles. The smallest absolute Gasteiger partial charge is 0.0331 e. The van der Waals surface area contributed by atoms with E-state index in [9.17, 15) is 0 Å². The van der Waals surface area contributed by atoms with Gasteiger partial charge in [0.2, 0.25) is 0 Å². The molecule has 0 aliphatic rings. The van der Waals surface area contributed by atoms with E-state index in [2.05, 4.69) is 47.6 Å². The quantitative estimate of drug-likeness (QED) is 0.846. The van der Waals surface area contributed by atoms with Gasteiger partial charge in [0.1, 0.15) is 0 Å². The normalized spacial score (nSPS) is 12.9. The largest absolute Gasteiger partial charge is 0.313 e. The lowest BCUT2D eigenvalue weighted by molar-refractivity contribution is 0.550. The summed E-state index contributed by atoms with van der Waals surface area (Å²) in [5, 5.41) is 10.1. The highest BCUT2D eigenvalue weighted by molar-refractivity contribution is 7.09. The molecule has 0 aliphatic carbocycles. The maximum atomic E-state index is 3.42. The third-order valence-electron chi connectivity index (χ3n) is 2.88. The molecule has 0 saturated carbocycles. The van der Waals surface area contributed by atoms with Crippen molar-refractivity contribution in [2.75, 3.05) is 7.05 Å². The molecule has 1 nitrogen and oxygen atoms in total. The summed E-state index contributed by atoms with van der Waals surface area (Å²) in [5.41, 5.74) is 2.87. The Labute approximate surface area is 105 Å². The first-order valence-electron chi connectivity index (χ1n) is 5.53. The van der Waals surface area contributed by atoms with Crippen LogP contribution in [-0.2, 0) is 6.42 Å². The molecule has 2 rings (SSSR count). The van der Waals surface area contributed by atoms with E-state index < -0.39 is 0 Å². The van der Waals surface area contributed by atoms with Crippen molar-refractivity contribution in [3.05, 3.63) is 44.3 Å². The average molecular weight is 251 g/mol. The van der Waals surface area contributed by atoms with E-state index >= 15 is 0 Å². The summed E-state index contributed by atoms with van der Waals surface area (Å²) in [4.78, 5) is 1.48. The number of hydrogen-bond acceptors (Lipinski definition) is 3. The Kier molecular flexibility index (Phi) is 4.16. The molecule has 2 heterocycles. The SMILES string of the molecule is CNC(CCc1cccs1)c1cscc1C. The van der Waals surface area contributed by atoms with Crippen molar-refractivity contribution in [1.29, 1.82) is 0 Å². The van der Waals surface area contributed by atoms with Crippen LogP contribution < -0.4 is 5.32 Å². The molecular formula is C13H17NS2. The summed E-state index contributed by atoms with van der Waals surface area (Å²) in [5.74, 6) is 0. The molecule has 0 spiro atoms. The molecule has 0 saturated heterocycles. The van der Waals surface area contributed by atoms with Gasteiger partial charge in [0, 0.05) is 10.9 Å². The Morgan fingerprint density at radius 3 is 2.81 bits per heavy atom. The standard InChI is InChI=1S/C13H17NS2/c1-10-8-15-9-12(10)13(14-2)6-5-11-4-3-7-16-11/h3-4,7-9,13-14H,5-6H2,1-2H3.